The summed E-state index contributed by atoms with van der Waals surface area (Å²) in [6.45, 7) is 1.86. The normalized spacial score (nSPS) is 14.4. The summed E-state index contributed by atoms with van der Waals surface area (Å²) in [7, 11) is 0. The molecule has 3 N–H and O–H groups in total. The number of imidazole rings is 1. The van der Waals surface area contributed by atoms with Crippen LogP contribution < -0.4 is 10.6 Å². The second-order valence-electron chi connectivity index (χ2n) is 5.62. The molecule has 4 rings (SSSR count). The molecule has 3 aromatic rings. The van der Waals surface area contributed by atoms with Crippen LogP contribution in [0.1, 0.15) is 17.0 Å². The molecule has 0 atom stereocenters. The van der Waals surface area contributed by atoms with Crippen LogP contribution in [0.3, 0.4) is 0 Å². The van der Waals surface area contributed by atoms with Gasteiger partial charge in [-0.05, 0) is 31.2 Å². The van der Waals surface area contributed by atoms with E-state index in [0.717, 1.165) is 5.69 Å². The number of carbonyl (C=O) groups is 1. The first kappa shape index (κ1) is 16.2. The number of amides is 1. The number of hydrogen-bond acceptors (Lipinski definition) is 5. The smallest absolute Gasteiger partial charge is 0.257 e. The van der Waals surface area contributed by atoms with Crippen LogP contribution in [0.4, 0.5) is 21.7 Å². The molecular formula is C17H12ClFN6O. The Kier molecular flexibility index (Phi) is 3.89. The first-order valence-electron chi connectivity index (χ1n) is 7.63. The topological polar surface area (TPSA) is 95.6 Å². The van der Waals surface area contributed by atoms with Gasteiger partial charge in [-0.3, -0.25) is 4.79 Å². The quantitative estimate of drug-likeness (QED) is 0.613. The molecule has 9 heteroatoms. The molecule has 0 unspecified atom stereocenters. The van der Waals surface area contributed by atoms with Crippen molar-refractivity contribution < 1.29 is 9.18 Å². The van der Waals surface area contributed by atoms with Crippen molar-refractivity contribution in [3.8, 4) is 0 Å². The Bertz CT molecular complexity index is 1060. The molecule has 0 saturated heterocycles. The number of nitrogens with one attached hydrogen (secondary N) is 3. The lowest BCUT2D eigenvalue weighted by Gasteiger charge is -2.10. The number of aromatic amines is 1. The molecule has 0 spiro atoms. The minimum Gasteiger partial charge on any atom is -0.348 e. The van der Waals surface area contributed by atoms with Crippen LogP contribution in [0, 0.1) is 12.7 Å². The third kappa shape index (κ3) is 2.80. The van der Waals surface area contributed by atoms with E-state index in [0.29, 0.717) is 34.2 Å². The minimum atomic E-state index is -0.517. The van der Waals surface area contributed by atoms with Crippen molar-refractivity contribution in [3.05, 3.63) is 58.6 Å². The average Bonchev–Trinajstić information content (AvgIpc) is 3.15. The Morgan fingerprint density at radius 3 is 2.85 bits per heavy atom. The lowest BCUT2D eigenvalue weighted by Crippen LogP contribution is -2.04. The van der Waals surface area contributed by atoms with E-state index in [1.807, 2.05) is 6.92 Å². The van der Waals surface area contributed by atoms with Gasteiger partial charge in [-0.15, -0.1) is 0 Å². The number of fused-ring (bicyclic) bond motifs is 1. The van der Waals surface area contributed by atoms with Gasteiger partial charge in [0.05, 0.1) is 28.2 Å². The summed E-state index contributed by atoms with van der Waals surface area (Å²) in [4.78, 5) is 27.9. The van der Waals surface area contributed by atoms with Gasteiger partial charge in [0.1, 0.15) is 23.8 Å². The Labute approximate surface area is 152 Å². The molecule has 130 valence electrons. The predicted octanol–water partition coefficient (Wildman–Crippen LogP) is 3.54. The zero-order chi connectivity index (χ0) is 18.3. The summed E-state index contributed by atoms with van der Waals surface area (Å²) >= 11 is 5.82. The fraction of sp³-hybridized carbons (Fsp3) is 0.0588. The molecule has 1 amide bonds. The highest BCUT2D eigenvalue weighted by molar-refractivity contribution is 6.35. The molecule has 26 heavy (non-hydrogen) atoms. The van der Waals surface area contributed by atoms with Gasteiger partial charge >= 0.3 is 0 Å². The first-order valence-corrected chi connectivity index (χ1v) is 8.01. The van der Waals surface area contributed by atoms with E-state index in [1.165, 1.54) is 24.5 Å². The number of rotatable bonds is 3. The Morgan fingerprint density at radius 1 is 1.27 bits per heavy atom. The highest BCUT2D eigenvalue weighted by Gasteiger charge is 2.29. The molecule has 0 aliphatic carbocycles. The summed E-state index contributed by atoms with van der Waals surface area (Å²) in [5.74, 6) is -0.0322. The molecule has 0 bridgehead atoms. The maximum Gasteiger partial charge on any atom is 0.257 e. The predicted molar refractivity (Wildman–Crippen MR) is 96.6 cm³/mol. The molecular weight excluding hydrogens is 359 g/mol. The zero-order valence-electron chi connectivity index (χ0n) is 13.5. The van der Waals surface area contributed by atoms with Crippen LogP contribution >= 0.6 is 11.6 Å². The van der Waals surface area contributed by atoms with Gasteiger partial charge in [0, 0.05) is 11.4 Å². The van der Waals surface area contributed by atoms with Gasteiger partial charge in [-0.1, -0.05) is 11.6 Å². The second kappa shape index (κ2) is 6.23. The average molecular weight is 371 g/mol. The minimum absolute atomic E-state index is 0.0159. The van der Waals surface area contributed by atoms with E-state index in [4.69, 9.17) is 11.6 Å². The van der Waals surface area contributed by atoms with Gasteiger partial charge in [0.2, 0.25) is 0 Å². The van der Waals surface area contributed by atoms with Crippen molar-refractivity contribution in [2.45, 2.75) is 6.92 Å². The standard InChI is InChI=1S/C17H12ClFN6O/c1-8-13(21-6-20-8)5-10-14-15(22-7-23-16(14)25-17(10)26)24-9-2-3-12(19)11(18)4-9/h2-7H,1H3,(H,20,21)(H2,22,23,24,25,26)/b10-5-. The maximum atomic E-state index is 13.4. The van der Waals surface area contributed by atoms with Crippen molar-refractivity contribution in [2.24, 2.45) is 0 Å². The SMILES string of the molecule is Cc1[nH]cnc1/C=C1\C(=O)Nc2ncnc(Nc3ccc(F)c(Cl)c3)c21. The second-order valence-corrected chi connectivity index (χ2v) is 6.03. The van der Waals surface area contributed by atoms with Crippen molar-refractivity contribution in [1.29, 1.82) is 0 Å². The van der Waals surface area contributed by atoms with Crippen molar-refractivity contribution in [1.82, 2.24) is 19.9 Å². The van der Waals surface area contributed by atoms with Crippen LogP contribution in [0.15, 0.2) is 30.9 Å². The molecule has 0 fully saturated rings. The van der Waals surface area contributed by atoms with E-state index in [9.17, 15) is 9.18 Å². The van der Waals surface area contributed by atoms with Crippen LogP contribution in [-0.4, -0.2) is 25.8 Å². The summed E-state index contributed by atoms with van der Waals surface area (Å²) < 4.78 is 13.4. The third-order valence-electron chi connectivity index (χ3n) is 3.93. The monoisotopic (exact) mass is 370 g/mol. The van der Waals surface area contributed by atoms with Crippen molar-refractivity contribution in [3.63, 3.8) is 0 Å². The molecule has 1 aliphatic heterocycles. The summed E-state index contributed by atoms with van der Waals surface area (Å²) in [6, 6.07) is 4.22. The highest BCUT2D eigenvalue weighted by atomic mass is 35.5. The molecule has 0 radical (unpaired) electrons. The fourth-order valence-corrected chi connectivity index (χ4v) is 2.80. The van der Waals surface area contributed by atoms with Gasteiger partial charge in [0.25, 0.3) is 5.91 Å². The number of benzene rings is 1. The van der Waals surface area contributed by atoms with E-state index < -0.39 is 5.82 Å². The summed E-state index contributed by atoms with van der Waals surface area (Å²) in [5.41, 5.74) is 2.90. The molecule has 1 aliphatic rings. The molecule has 3 heterocycles. The van der Waals surface area contributed by atoms with Gasteiger partial charge < -0.3 is 15.6 Å². The first-order chi connectivity index (χ1) is 12.5. The van der Waals surface area contributed by atoms with E-state index >= 15 is 0 Å². The number of aromatic nitrogens is 4. The van der Waals surface area contributed by atoms with E-state index in [-0.39, 0.29) is 10.9 Å². The van der Waals surface area contributed by atoms with Gasteiger partial charge in [0.15, 0.2) is 0 Å². The van der Waals surface area contributed by atoms with E-state index in [1.54, 1.807) is 12.4 Å². The lowest BCUT2D eigenvalue weighted by atomic mass is 10.1. The number of carbonyl (C=O) groups excluding carboxylic acids is 1. The number of hydrogen-bond donors (Lipinski definition) is 3. The number of aryl methyl sites for hydroxylation is 1. The summed E-state index contributed by atoms with van der Waals surface area (Å²) in [5, 5.41) is 5.74. The van der Waals surface area contributed by atoms with Crippen molar-refractivity contribution >= 4 is 46.5 Å². The lowest BCUT2D eigenvalue weighted by molar-refractivity contribution is -0.110. The molecule has 1 aromatic carbocycles. The summed E-state index contributed by atoms with van der Waals surface area (Å²) in [6.07, 6.45) is 4.55. The van der Waals surface area contributed by atoms with Crippen LogP contribution in [-0.2, 0) is 4.79 Å². The number of halogens is 2. The van der Waals surface area contributed by atoms with Gasteiger partial charge in [-0.25, -0.2) is 19.3 Å². The molecule has 0 saturated carbocycles. The van der Waals surface area contributed by atoms with Crippen LogP contribution in [0.2, 0.25) is 5.02 Å². The van der Waals surface area contributed by atoms with Gasteiger partial charge in [-0.2, -0.15) is 0 Å². The highest BCUT2D eigenvalue weighted by Crippen LogP contribution is 2.37. The van der Waals surface area contributed by atoms with Crippen molar-refractivity contribution in [2.75, 3.05) is 10.6 Å². The van der Waals surface area contributed by atoms with Crippen LogP contribution in [0.25, 0.3) is 11.6 Å². The number of nitrogens with zero attached hydrogens (tertiary/aromatic N) is 3. The zero-order valence-corrected chi connectivity index (χ0v) is 14.2. The maximum absolute atomic E-state index is 13.4. The van der Waals surface area contributed by atoms with Crippen LogP contribution in [0.5, 0.6) is 0 Å². The fourth-order valence-electron chi connectivity index (χ4n) is 2.62. The Balaban J connectivity index is 1.79. The third-order valence-corrected chi connectivity index (χ3v) is 4.22. The largest absolute Gasteiger partial charge is 0.348 e. The Morgan fingerprint density at radius 2 is 2.12 bits per heavy atom. The number of anilines is 3. The molecule has 7 nitrogen and oxygen atoms in total. The molecule has 2 aromatic heterocycles. The number of H-pyrrole nitrogens is 1. The Hall–Kier alpha value is -3.26. The van der Waals surface area contributed by atoms with E-state index in [2.05, 4.69) is 30.6 Å².